The number of benzene rings is 1. The number of aliphatic carboxylic acids is 1. The predicted molar refractivity (Wildman–Crippen MR) is 60.1 cm³/mol. The molecule has 0 aromatic heterocycles. The lowest BCUT2D eigenvalue weighted by molar-refractivity contribution is -0.384. The van der Waals surface area contributed by atoms with E-state index < -0.39 is 10.9 Å². The number of hydrogen-bond donors (Lipinski definition) is 1. The van der Waals surface area contributed by atoms with Crippen LogP contribution in [0.1, 0.15) is 5.56 Å². The quantitative estimate of drug-likeness (QED) is 0.480. The van der Waals surface area contributed by atoms with Crippen LogP contribution in [-0.2, 0) is 4.79 Å². The largest absolute Gasteiger partial charge is 0.489 e. The Morgan fingerprint density at radius 2 is 2.29 bits per heavy atom. The highest BCUT2D eigenvalue weighted by Gasteiger charge is 2.08. The second kappa shape index (κ2) is 5.64. The van der Waals surface area contributed by atoms with E-state index in [9.17, 15) is 14.9 Å². The molecule has 0 aliphatic carbocycles. The topological polar surface area (TPSA) is 89.7 Å². The minimum Gasteiger partial charge on any atom is -0.489 e. The Labute approximate surface area is 97.3 Å². The van der Waals surface area contributed by atoms with Crippen molar-refractivity contribution in [3.8, 4) is 5.75 Å². The van der Waals surface area contributed by atoms with Crippen LogP contribution >= 0.6 is 0 Å². The summed E-state index contributed by atoms with van der Waals surface area (Å²) in [5, 5.41) is 18.9. The zero-order chi connectivity index (χ0) is 12.8. The minimum absolute atomic E-state index is 0.0499. The van der Waals surface area contributed by atoms with Crippen LogP contribution in [0.5, 0.6) is 5.75 Å². The normalized spacial score (nSPS) is 10.4. The number of carboxylic acids is 1. The number of ether oxygens (including phenoxy) is 1. The van der Waals surface area contributed by atoms with E-state index in [1.54, 1.807) is 13.0 Å². The molecule has 0 spiro atoms. The SMILES string of the molecule is Cc1ccc([N+](=O)[O-])cc1OCC=CC(=O)O. The van der Waals surface area contributed by atoms with E-state index in [0.29, 0.717) is 5.75 Å². The molecule has 0 heterocycles. The standard InChI is InChI=1S/C11H11NO5/c1-8-4-5-9(12(15)16)7-10(8)17-6-2-3-11(13)14/h2-5,7H,6H2,1H3,(H,13,14). The van der Waals surface area contributed by atoms with Gasteiger partial charge in [0.05, 0.1) is 11.0 Å². The van der Waals surface area contributed by atoms with Gasteiger partial charge in [-0.3, -0.25) is 10.1 Å². The molecule has 17 heavy (non-hydrogen) atoms. The summed E-state index contributed by atoms with van der Waals surface area (Å²) in [5.74, 6) is -0.696. The molecule has 0 atom stereocenters. The Kier molecular flexibility index (Phi) is 4.21. The molecule has 1 aromatic carbocycles. The zero-order valence-electron chi connectivity index (χ0n) is 9.12. The van der Waals surface area contributed by atoms with Crippen molar-refractivity contribution in [1.82, 2.24) is 0 Å². The minimum atomic E-state index is -1.07. The maximum Gasteiger partial charge on any atom is 0.328 e. The molecule has 1 rings (SSSR count). The van der Waals surface area contributed by atoms with Crippen LogP contribution in [0.4, 0.5) is 5.69 Å². The van der Waals surface area contributed by atoms with E-state index >= 15 is 0 Å². The maximum absolute atomic E-state index is 10.5. The lowest BCUT2D eigenvalue weighted by Gasteiger charge is -2.06. The number of hydrogen-bond acceptors (Lipinski definition) is 4. The van der Waals surface area contributed by atoms with E-state index in [0.717, 1.165) is 11.6 Å². The van der Waals surface area contributed by atoms with E-state index in [4.69, 9.17) is 9.84 Å². The van der Waals surface area contributed by atoms with Crippen LogP contribution in [-0.4, -0.2) is 22.6 Å². The lowest BCUT2D eigenvalue weighted by atomic mass is 10.2. The first-order chi connectivity index (χ1) is 8.00. The average molecular weight is 237 g/mol. The Balaban J connectivity index is 2.73. The lowest BCUT2D eigenvalue weighted by Crippen LogP contribution is -1.98. The summed E-state index contributed by atoms with van der Waals surface area (Å²) in [4.78, 5) is 20.2. The number of rotatable bonds is 5. The van der Waals surface area contributed by atoms with Gasteiger partial charge in [0, 0.05) is 12.1 Å². The van der Waals surface area contributed by atoms with Crippen molar-refractivity contribution in [2.45, 2.75) is 6.92 Å². The molecule has 0 saturated heterocycles. The molecule has 0 aliphatic heterocycles. The van der Waals surface area contributed by atoms with E-state index in [2.05, 4.69) is 0 Å². The molecular weight excluding hydrogens is 226 g/mol. The molecule has 0 amide bonds. The summed E-state index contributed by atoms with van der Waals surface area (Å²) in [6.07, 6.45) is 2.27. The first kappa shape index (κ1) is 12.7. The first-order valence-electron chi connectivity index (χ1n) is 4.78. The summed E-state index contributed by atoms with van der Waals surface area (Å²) >= 11 is 0. The Bertz CT molecular complexity index is 467. The number of nitrogens with zero attached hydrogens (tertiary/aromatic N) is 1. The molecule has 1 N–H and O–H groups in total. The molecule has 0 fully saturated rings. The third-order valence-corrected chi connectivity index (χ3v) is 1.98. The van der Waals surface area contributed by atoms with Crippen LogP contribution in [0.2, 0.25) is 0 Å². The van der Waals surface area contributed by atoms with Gasteiger partial charge < -0.3 is 9.84 Å². The van der Waals surface area contributed by atoms with Gasteiger partial charge in [-0.05, 0) is 24.6 Å². The number of nitro benzene ring substituents is 1. The van der Waals surface area contributed by atoms with Crippen molar-refractivity contribution >= 4 is 11.7 Å². The second-order valence-corrected chi connectivity index (χ2v) is 3.26. The number of nitro groups is 1. The second-order valence-electron chi connectivity index (χ2n) is 3.26. The highest BCUT2D eigenvalue weighted by molar-refractivity contribution is 5.79. The highest BCUT2D eigenvalue weighted by atomic mass is 16.6. The molecule has 6 nitrogen and oxygen atoms in total. The Morgan fingerprint density at radius 3 is 2.88 bits per heavy atom. The molecule has 0 bridgehead atoms. The van der Waals surface area contributed by atoms with Gasteiger partial charge in [0.1, 0.15) is 12.4 Å². The van der Waals surface area contributed by atoms with Gasteiger partial charge in [0.2, 0.25) is 0 Å². The zero-order valence-corrected chi connectivity index (χ0v) is 9.12. The van der Waals surface area contributed by atoms with Gasteiger partial charge >= 0.3 is 5.97 Å². The summed E-state index contributed by atoms with van der Waals surface area (Å²) in [6, 6.07) is 4.27. The van der Waals surface area contributed by atoms with E-state index in [-0.39, 0.29) is 12.3 Å². The number of aryl methyl sites for hydroxylation is 1. The maximum atomic E-state index is 10.5. The van der Waals surface area contributed by atoms with Gasteiger partial charge in [0.15, 0.2) is 0 Å². The average Bonchev–Trinajstić information content (AvgIpc) is 2.25. The van der Waals surface area contributed by atoms with Gasteiger partial charge in [-0.15, -0.1) is 0 Å². The molecule has 6 heteroatoms. The first-order valence-corrected chi connectivity index (χ1v) is 4.78. The Morgan fingerprint density at radius 1 is 1.59 bits per heavy atom. The third kappa shape index (κ3) is 3.94. The molecule has 0 saturated carbocycles. The van der Waals surface area contributed by atoms with Crippen molar-refractivity contribution in [2.75, 3.05) is 6.61 Å². The predicted octanol–water partition coefficient (Wildman–Crippen LogP) is 1.92. The van der Waals surface area contributed by atoms with Crippen LogP contribution in [0.15, 0.2) is 30.4 Å². The number of carbonyl (C=O) groups is 1. The van der Waals surface area contributed by atoms with Crippen molar-refractivity contribution in [1.29, 1.82) is 0 Å². The summed E-state index contributed by atoms with van der Waals surface area (Å²) in [7, 11) is 0. The molecule has 1 aromatic rings. The highest BCUT2D eigenvalue weighted by Crippen LogP contribution is 2.23. The van der Waals surface area contributed by atoms with Crippen molar-refractivity contribution in [3.63, 3.8) is 0 Å². The molecule has 0 unspecified atom stereocenters. The number of non-ortho nitro benzene ring substituents is 1. The molecular formula is C11H11NO5. The van der Waals surface area contributed by atoms with Crippen LogP contribution < -0.4 is 4.74 Å². The summed E-state index contributed by atoms with van der Waals surface area (Å²) < 4.78 is 5.22. The van der Waals surface area contributed by atoms with Crippen molar-refractivity contribution in [2.24, 2.45) is 0 Å². The number of carboxylic acid groups (broad SMARTS) is 1. The third-order valence-electron chi connectivity index (χ3n) is 1.98. The van der Waals surface area contributed by atoms with Crippen LogP contribution in [0.3, 0.4) is 0 Å². The summed E-state index contributed by atoms with van der Waals surface area (Å²) in [5.41, 5.74) is 0.687. The van der Waals surface area contributed by atoms with E-state index in [1.807, 2.05) is 0 Å². The molecule has 0 radical (unpaired) electrons. The molecule has 90 valence electrons. The fourth-order valence-corrected chi connectivity index (χ4v) is 1.14. The van der Waals surface area contributed by atoms with Crippen LogP contribution in [0, 0.1) is 17.0 Å². The smallest absolute Gasteiger partial charge is 0.328 e. The van der Waals surface area contributed by atoms with E-state index in [1.165, 1.54) is 18.2 Å². The van der Waals surface area contributed by atoms with Crippen molar-refractivity contribution < 1.29 is 19.6 Å². The van der Waals surface area contributed by atoms with Crippen LogP contribution in [0.25, 0.3) is 0 Å². The summed E-state index contributed by atoms with van der Waals surface area (Å²) in [6.45, 7) is 1.80. The van der Waals surface area contributed by atoms with Crippen molar-refractivity contribution in [3.05, 3.63) is 46.0 Å². The van der Waals surface area contributed by atoms with Gasteiger partial charge in [-0.1, -0.05) is 0 Å². The van der Waals surface area contributed by atoms with Gasteiger partial charge in [-0.2, -0.15) is 0 Å². The van der Waals surface area contributed by atoms with Gasteiger partial charge in [0.25, 0.3) is 5.69 Å². The molecule has 0 aliphatic rings. The van der Waals surface area contributed by atoms with Gasteiger partial charge in [-0.25, -0.2) is 4.79 Å². The fourth-order valence-electron chi connectivity index (χ4n) is 1.14. The monoisotopic (exact) mass is 237 g/mol. The fraction of sp³-hybridized carbons (Fsp3) is 0.182. The Hall–Kier alpha value is -2.37.